The molecular weight excluding hydrogens is 1950 g/mol. The van der Waals surface area contributed by atoms with E-state index in [9.17, 15) is 52.7 Å². The van der Waals surface area contributed by atoms with Gasteiger partial charge in [0.05, 0.1) is 19.1 Å². The molecule has 3 heterocycles. The highest BCUT2D eigenvalue weighted by Gasteiger charge is 2.38. The van der Waals surface area contributed by atoms with Gasteiger partial charge in [-0.15, -0.1) is 0 Å². The van der Waals surface area contributed by atoms with Crippen LogP contribution in [0.3, 0.4) is 0 Å². The molecule has 0 radical (unpaired) electrons. The molecule has 0 aliphatic carbocycles. The highest BCUT2D eigenvalue weighted by atomic mass is 16.2. The summed E-state index contributed by atoms with van der Waals surface area (Å²) < 4.78 is 0. The predicted molar refractivity (Wildman–Crippen MR) is 563 cm³/mol. The molecule has 820 valence electrons. The molecule has 56 N–H and O–H groups in total. The molecule has 0 saturated heterocycles. The fraction of sp³-hybridized carbons (Fsp3) is 0.484. The average molecular weight is 2100 g/mol. The topological polar surface area (TPSA) is 1050 Å². The van der Waals surface area contributed by atoms with E-state index in [1.807, 2.05) is 30.3 Å². The quantitative estimate of drug-likeness (QED) is 0.00958. The zero-order valence-corrected chi connectivity index (χ0v) is 83.3. The average Bonchev–Trinajstić information content (AvgIpc) is 1.68. The molecule has 0 bridgehead atoms. The van der Waals surface area contributed by atoms with Crippen LogP contribution in [0.1, 0.15) is 132 Å². The zero-order chi connectivity index (χ0) is 110. The van der Waals surface area contributed by atoms with E-state index in [0.29, 0.717) is 27.6 Å². The molecule has 59 heteroatoms. The number of H-pyrrole nitrogens is 3. The Morgan fingerprint density at radius 2 is 0.413 bits per heavy atom. The van der Waals surface area contributed by atoms with Crippen LogP contribution in [0.4, 0.5) is 0 Å². The SMILES string of the molecule is N=C(N)NCCC[C@H](NC(=O)CNC(=O)[C@H](CCCNC(=N)N)NC(=O)[C@H](Cc1c[nH]c2ccccc12)NC(=O)[C@H](CCCNC(=N)N)NC(=O)[C@H](CCCNC(=N)N)NC(=O)CNC(=O)[C@H](CCCNC(=N)N)NC(=O)[C@H](CCCNC(=N)N)NC(=O)[C@H](CCCNC(=N)N)NC(=O)[C@@H](N)Cc1c[nH]c2ccccc12)C(=O)N[C@@H](CCCNC(=N)N)C(=O)N[C@@H](CCCNC(=N)N)C(=O)N[C@@H](Cc1c[nH]c2ccccc12)C(N)=O. The highest BCUT2D eigenvalue weighted by Crippen LogP contribution is 2.24. The molecule has 0 spiro atoms. The lowest BCUT2D eigenvalue weighted by Gasteiger charge is -2.27. The van der Waals surface area contributed by atoms with Crippen LogP contribution in [0.2, 0.25) is 0 Å². The van der Waals surface area contributed by atoms with Crippen molar-refractivity contribution in [2.45, 2.75) is 207 Å². The number of carbonyl (C=O) groups is 14. The number of amides is 14. The molecule has 3 aromatic carbocycles. The Balaban J connectivity index is 1.26. The molecule has 0 aliphatic heterocycles. The van der Waals surface area contributed by atoms with Gasteiger partial charge in [-0.1, -0.05) is 54.6 Å². The molecule has 0 saturated carbocycles. The monoisotopic (exact) mass is 2090 g/mol. The molecule has 6 rings (SSSR count). The van der Waals surface area contributed by atoms with Crippen LogP contribution < -0.4 is 180 Å². The Morgan fingerprint density at radius 3 is 0.647 bits per heavy atom. The highest BCUT2D eigenvalue weighted by molar-refractivity contribution is 6.01. The number of guanidine groups is 9. The molecular formula is C91H147N45O14. The molecule has 150 heavy (non-hydrogen) atoms. The van der Waals surface area contributed by atoms with Gasteiger partial charge >= 0.3 is 0 Å². The van der Waals surface area contributed by atoms with Crippen LogP contribution in [-0.4, -0.2) is 296 Å². The van der Waals surface area contributed by atoms with Crippen LogP contribution in [-0.2, 0) is 86.4 Å². The first-order chi connectivity index (χ1) is 71.4. The van der Waals surface area contributed by atoms with Crippen molar-refractivity contribution >= 4 is 169 Å². The number of carbonyl (C=O) groups excluding carboxylic acids is 14. The minimum Gasteiger partial charge on any atom is -0.370 e. The lowest BCUT2D eigenvalue weighted by molar-refractivity contribution is -0.135. The summed E-state index contributed by atoms with van der Waals surface area (Å²) in [6.07, 6.45) is 3.21. The lowest BCUT2D eigenvalue weighted by atomic mass is 10.0. The Morgan fingerprint density at radius 1 is 0.227 bits per heavy atom. The smallest absolute Gasteiger partial charge is 0.243 e. The number of para-hydroxylation sites is 3. The van der Waals surface area contributed by atoms with Gasteiger partial charge in [-0.05, 0) is 157 Å². The van der Waals surface area contributed by atoms with E-state index >= 15 is 14.4 Å². The summed E-state index contributed by atoms with van der Waals surface area (Å²) in [7, 11) is 0. The van der Waals surface area contributed by atoms with Crippen LogP contribution in [0.5, 0.6) is 0 Å². The Labute approximate surface area is 863 Å². The zero-order valence-electron chi connectivity index (χ0n) is 83.3. The Kier molecular flexibility index (Phi) is 51.8. The van der Waals surface area contributed by atoms with Gasteiger partial charge in [0, 0.05) is 123 Å². The maximum absolute atomic E-state index is 15.4. The molecule has 12 atom stereocenters. The van der Waals surface area contributed by atoms with Crippen molar-refractivity contribution in [1.29, 1.82) is 48.7 Å². The Bertz CT molecular complexity index is 5650. The number of primary amides is 1. The summed E-state index contributed by atoms with van der Waals surface area (Å²) in [6, 6.07) is 3.56. The summed E-state index contributed by atoms with van der Waals surface area (Å²) in [5.41, 5.74) is 66.5. The van der Waals surface area contributed by atoms with Gasteiger partial charge in [-0.3, -0.25) is 116 Å². The number of hydrogen-bond donors (Lipinski definition) is 45. The van der Waals surface area contributed by atoms with Crippen molar-refractivity contribution < 1.29 is 67.1 Å². The van der Waals surface area contributed by atoms with Gasteiger partial charge in [-0.2, -0.15) is 0 Å². The van der Waals surface area contributed by atoms with E-state index in [0.717, 1.165) is 21.8 Å². The van der Waals surface area contributed by atoms with Crippen molar-refractivity contribution in [3.05, 3.63) is 108 Å². The van der Waals surface area contributed by atoms with Crippen LogP contribution >= 0.6 is 0 Å². The first-order valence-corrected chi connectivity index (χ1v) is 48.7. The van der Waals surface area contributed by atoms with Crippen LogP contribution in [0.25, 0.3) is 32.7 Å². The van der Waals surface area contributed by atoms with Gasteiger partial charge in [0.25, 0.3) is 0 Å². The van der Waals surface area contributed by atoms with Gasteiger partial charge in [0.1, 0.15) is 66.5 Å². The number of nitrogens with one attached hydrogen (secondary N) is 34. The molecule has 0 aliphatic rings. The van der Waals surface area contributed by atoms with Crippen molar-refractivity contribution in [2.24, 2.45) is 63.1 Å². The normalized spacial score (nSPS) is 13.3. The van der Waals surface area contributed by atoms with Crippen LogP contribution in [0, 0.1) is 48.7 Å². The summed E-state index contributed by atoms with van der Waals surface area (Å²) in [5.74, 6) is -17.2. The van der Waals surface area contributed by atoms with Crippen LogP contribution in [0.15, 0.2) is 91.4 Å². The fourth-order valence-electron chi connectivity index (χ4n) is 15.8. The first kappa shape index (κ1) is 121. The predicted octanol–water partition coefficient (Wildman–Crippen LogP) is -10.1. The Hall–Kier alpha value is -17.7. The second kappa shape index (κ2) is 64.2. The standard InChI is InChI=1S/C91H147N45O14/c92-54(40-48-43-121-55-19-4-1-16-51(48)55)72(140)128-62(26-11-35-116-87(102)103)77(145)133-63(27-12-36-117-88(104)105)78(146)129-58(22-7-31-112-83(94)95)73(141)124-46-69(137)127-61(25-10-34-115-86(100)101)76(144)132-66(30-15-39-120-91(110)111)81(149)136-68(42-50-45-123-57-21-6-3-18-53(50)57)82(150)130-59(23-8-32-113-84(96)97)74(142)125-47-70(138)126-60(24-9-33-114-85(98)99)75(143)131-64(28-13-37-118-89(106)107)79(147)134-65(29-14-38-119-90(108)109)80(148)135-67(71(93)139)41-49-44-122-56-20-5-2-17-52(49)56/h1-6,16-21,43-45,54,58-68,121-123H,7-15,22-42,46-47,92H2,(H2,93,139)(H,124,141)(H,125,142)(H,126,138)(H,127,137)(H,128,140)(H,129,146)(H,130,150)(H,131,143)(H,132,144)(H,133,145)(H,134,147)(H,135,148)(H,136,149)(H4,94,95,112)(H4,96,97,113)(H4,98,99,114)(H4,100,101,115)(H4,102,103,116)(H4,104,105,117)(H4,106,107,118)(H4,108,109,119)(H4,110,111,120)/t54-,58-,59-,60-,61-,62-,63-,64-,65-,66-,67-,68-/m0/s1. The molecule has 0 unspecified atom stereocenters. The second-order valence-electron chi connectivity index (χ2n) is 35.3. The molecule has 3 aromatic heterocycles. The number of aromatic nitrogens is 3. The van der Waals surface area contributed by atoms with Crippen molar-refractivity contribution in [1.82, 2.24) is 132 Å². The fourth-order valence-corrected chi connectivity index (χ4v) is 15.8. The molecule has 14 amide bonds. The van der Waals surface area contributed by atoms with E-state index in [2.05, 4.69) is 132 Å². The summed E-state index contributed by atoms with van der Waals surface area (Å²) >= 11 is 0. The van der Waals surface area contributed by atoms with Gasteiger partial charge < -0.3 is 195 Å². The summed E-state index contributed by atoms with van der Waals surface area (Å²) in [5, 5.41) is 129. The molecule has 59 nitrogen and oxygen atoms in total. The minimum atomic E-state index is -1.67. The van der Waals surface area contributed by atoms with Crippen molar-refractivity contribution in [3.8, 4) is 0 Å². The minimum absolute atomic E-state index is 0.000199. The number of aromatic amines is 3. The third kappa shape index (κ3) is 45.3. The maximum Gasteiger partial charge on any atom is 0.243 e. The van der Waals surface area contributed by atoms with Gasteiger partial charge in [-0.25, -0.2) is 0 Å². The van der Waals surface area contributed by atoms with Gasteiger partial charge in [0.15, 0.2) is 53.6 Å². The van der Waals surface area contributed by atoms with Crippen molar-refractivity contribution in [3.63, 3.8) is 0 Å². The largest absolute Gasteiger partial charge is 0.370 e. The maximum atomic E-state index is 15.4. The number of fused-ring (bicyclic) bond motifs is 3. The third-order valence-corrected chi connectivity index (χ3v) is 23.4. The van der Waals surface area contributed by atoms with E-state index in [1.54, 1.807) is 61.1 Å². The summed E-state index contributed by atoms with van der Waals surface area (Å²) in [6.45, 7) is -1.84. The van der Waals surface area contributed by atoms with Crippen molar-refractivity contribution in [2.75, 3.05) is 72.0 Å². The van der Waals surface area contributed by atoms with E-state index in [4.69, 9.17) is 112 Å². The molecule has 0 fully saturated rings. The summed E-state index contributed by atoms with van der Waals surface area (Å²) in [4.78, 5) is 213. The number of rotatable bonds is 69. The number of benzene rings is 3. The third-order valence-electron chi connectivity index (χ3n) is 23.4. The lowest BCUT2D eigenvalue weighted by Crippen LogP contribution is -2.59. The van der Waals surface area contributed by atoms with E-state index in [-0.39, 0.29) is 206 Å². The number of hydrogen-bond acceptors (Lipinski definition) is 24. The first-order valence-electron chi connectivity index (χ1n) is 48.7. The van der Waals surface area contributed by atoms with E-state index in [1.165, 1.54) is 0 Å². The van der Waals surface area contributed by atoms with E-state index < -0.39 is 210 Å². The molecule has 6 aromatic rings. The van der Waals surface area contributed by atoms with Gasteiger partial charge in [0.2, 0.25) is 82.7 Å². The number of nitrogens with two attached hydrogens (primary N) is 11. The second-order valence-corrected chi connectivity index (χ2v) is 35.3.